The van der Waals surface area contributed by atoms with E-state index in [4.69, 9.17) is 0 Å². The molecule has 0 aliphatic carbocycles. The van der Waals surface area contributed by atoms with Crippen molar-refractivity contribution in [2.75, 3.05) is 0 Å². The van der Waals surface area contributed by atoms with E-state index in [2.05, 4.69) is 36.6 Å². The summed E-state index contributed by atoms with van der Waals surface area (Å²) in [5.41, 5.74) is 3.04. The zero-order chi connectivity index (χ0) is 15.6. The maximum absolute atomic E-state index is 12.4. The van der Waals surface area contributed by atoms with Crippen molar-refractivity contribution in [1.29, 1.82) is 0 Å². The Morgan fingerprint density at radius 3 is 2.24 bits per heavy atom. The maximum atomic E-state index is 12.4. The van der Waals surface area contributed by atoms with Crippen molar-refractivity contribution in [1.82, 2.24) is 4.72 Å². The van der Waals surface area contributed by atoms with Crippen LogP contribution in [0.1, 0.15) is 16.7 Å². The fourth-order valence-electron chi connectivity index (χ4n) is 1.80. The van der Waals surface area contributed by atoms with E-state index in [1.165, 1.54) is 0 Å². The minimum atomic E-state index is -3.57. The summed E-state index contributed by atoms with van der Waals surface area (Å²) in [6.45, 7) is 4.17. The smallest absolute Gasteiger partial charge is 0.207 e. The summed E-state index contributed by atoms with van der Waals surface area (Å²) in [6.07, 6.45) is 0. The molecule has 0 saturated carbocycles. The first-order valence-electron chi connectivity index (χ1n) is 6.30. The molecule has 0 atom stereocenters. The van der Waals surface area contributed by atoms with E-state index in [1.807, 2.05) is 38.1 Å². The fraction of sp³-hybridized carbons (Fsp3) is 0.200. The molecule has 2 aromatic carbocycles. The lowest BCUT2D eigenvalue weighted by Gasteiger charge is -2.10. The monoisotopic (exact) mass is 431 g/mol. The van der Waals surface area contributed by atoms with Crippen LogP contribution in [0.15, 0.2) is 50.2 Å². The van der Waals surface area contributed by atoms with Gasteiger partial charge in [-0.05, 0) is 53.0 Å². The van der Waals surface area contributed by atoms with Crippen molar-refractivity contribution in [3.05, 3.63) is 62.0 Å². The van der Waals surface area contributed by atoms with E-state index in [0.717, 1.165) is 21.2 Å². The van der Waals surface area contributed by atoms with Gasteiger partial charge < -0.3 is 0 Å². The van der Waals surface area contributed by atoms with Gasteiger partial charge in [0.25, 0.3) is 0 Å². The second-order valence-electron chi connectivity index (χ2n) is 4.84. The minimum Gasteiger partial charge on any atom is -0.207 e. The third kappa shape index (κ3) is 4.16. The Morgan fingerprint density at radius 2 is 1.62 bits per heavy atom. The molecule has 2 aromatic rings. The molecule has 1 N–H and O–H groups in total. The van der Waals surface area contributed by atoms with Crippen LogP contribution in [0, 0.1) is 13.8 Å². The average molecular weight is 433 g/mol. The van der Waals surface area contributed by atoms with Gasteiger partial charge >= 0.3 is 0 Å². The maximum Gasteiger partial charge on any atom is 0.242 e. The Bertz CT molecular complexity index is 756. The molecular formula is C15H15Br2NO2S. The Hall–Kier alpha value is -0.690. The molecule has 0 aromatic heterocycles. The van der Waals surface area contributed by atoms with Gasteiger partial charge in [0, 0.05) is 15.5 Å². The Kier molecular flexibility index (Phi) is 5.24. The number of sulfonamides is 1. The van der Waals surface area contributed by atoms with Crippen molar-refractivity contribution < 1.29 is 8.42 Å². The summed E-state index contributed by atoms with van der Waals surface area (Å²) in [5, 5.41) is 0. The minimum absolute atomic E-state index is 0.229. The molecule has 0 fully saturated rings. The molecule has 2 rings (SSSR count). The lowest BCUT2D eigenvalue weighted by molar-refractivity contribution is 0.580. The standard InChI is InChI=1S/C15H15Br2NO2S/c1-10-3-5-12(6-4-10)9-18-21(19,20)15-8-13(16)11(2)7-14(15)17/h3-8,18H,9H2,1-2H3. The largest absolute Gasteiger partial charge is 0.242 e. The van der Waals surface area contributed by atoms with Gasteiger partial charge in [0.15, 0.2) is 0 Å². The van der Waals surface area contributed by atoms with Crippen LogP contribution in [-0.4, -0.2) is 8.42 Å². The molecule has 0 unspecified atom stereocenters. The lowest BCUT2D eigenvalue weighted by Crippen LogP contribution is -2.23. The highest BCUT2D eigenvalue weighted by molar-refractivity contribution is 9.11. The molecule has 6 heteroatoms. The van der Waals surface area contributed by atoms with Crippen LogP contribution in [0.4, 0.5) is 0 Å². The number of hydrogen-bond donors (Lipinski definition) is 1. The first-order chi connectivity index (χ1) is 9.79. The predicted molar refractivity (Wildman–Crippen MR) is 91.8 cm³/mol. The van der Waals surface area contributed by atoms with Crippen LogP contribution in [0.5, 0.6) is 0 Å². The molecular weight excluding hydrogens is 418 g/mol. The first kappa shape index (κ1) is 16.7. The van der Waals surface area contributed by atoms with E-state index in [-0.39, 0.29) is 11.4 Å². The Balaban J connectivity index is 2.22. The van der Waals surface area contributed by atoms with Gasteiger partial charge in [0.2, 0.25) is 10.0 Å². The van der Waals surface area contributed by atoms with Gasteiger partial charge in [-0.25, -0.2) is 13.1 Å². The molecule has 0 radical (unpaired) electrons. The van der Waals surface area contributed by atoms with Crippen LogP contribution in [0.3, 0.4) is 0 Å². The number of aryl methyl sites for hydroxylation is 2. The molecule has 0 amide bonds. The molecule has 3 nitrogen and oxygen atoms in total. The van der Waals surface area contributed by atoms with Crippen LogP contribution < -0.4 is 4.72 Å². The van der Waals surface area contributed by atoms with Gasteiger partial charge in [-0.3, -0.25) is 0 Å². The van der Waals surface area contributed by atoms with E-state index in [9.17, 15) is 8.42 Å². The van der Waals surface area contributed by atoms with Gasteiger partial charge in [-0.15, -0.1) is 0 Å². The van der Waals surface area contributed by atoms with E-state index < -0.39 is 10.0 Å². The summed E-state index contributed by atoms with van der Waals surface area (Å²) >= 11 is 6.68. The highest BCUT2D eigenvalue weighted by Gasteiger charge is 2.18. The van der Waals surface area contributed by atoms with Crippen molar-refractivity contribution in [2.45, 2.75) is 25.3 Å². The molecule has 0 heterocycles. The van der Waals surface area contributed by atoms with Gasteiger partial charge in [-0.1, -0.05) is 45.8 Å². The average Bonchev–Trinajstić information content (AvgIpc) is 2.42. The number of nitrogens with one attached hydrogen (secondary N) is 1. The summed E-state index contributed by atoms with van der Waals surface area (Å²) in [6, 6.07) is 11.1. The van der Waals surface area contributed by atoms with Gasteiger partial charge in [-0.2, -0.15) is 0 Å². The first-order valence-corrected chi connectivity index (χ1v) is 9.37. The third-order valence-electron chi connectivity index (χ3n) is 3.09. The molecule has 0 aliphatic rings. The van der Waals surface area contributed by atoms with Crippen molar-refractivity contribution >= 4 is 41.9 Å². The van der Waals surface area contributed by atoms with Crippen molar-refractivity contribution in [3.8, 4) is 0 Å². The number of benzene rings is 2. The van der Waals surface area contributed by atoms with E-state index in [1.54, 1.807) is 12.1 Å². The zero-order valence-electron chi connectivity index (χ0n) is 11.7. The quantitative estimate of drug-likeness (QED) is 0.782. The number of rotatable bonds is 4. The second kappa shape index (κ2) is 6.60. The predicted octanol–water partition coefficient (Wildman–Crippen LogP) is 4.31. The molecule has 0 aliphatic heterocycles. The second-order valence-corrected chi connectivity index (χ2v) is 8.29. The normalized spacial score (nSPS) is 11.6. The number of halogens is 2. The summed E-state index contributed by atoms with van der Waals surface area (Å²) in [7, 11) is -3.57. The third-order valence-corrected chi connectivity index (χ3v) is 6.30. The molecule has 0 saturated heterocycles. The molecule has 21 heavy (non-hydrogen) atoms. The van der Waals surface area contributed by atoms with Crippen LogP contribution in [-0.2, 0) is 16.6 Å². The van der Waals surface area contributed by atoms with Gasteiger partial charge in [0.05, 0.1) is 4.90 Å². The Morgan fingerprint density at radius 1 is 1.00 bits per heavy atom. The topological polar surface area (TPSA) is 46.2 Å². The summed E-state index contributed by atoms with van der Waals surface area (Å²) in [4.78, 5) is 0.229. The Labute approximate surface area is 142 Å². The van der Waals surface area contributed by atoms with Gasteiger partial charge in [0.1, 0.15) is 0 Å². The van der Waals surface area contributed by atoms with Crippen LogP contribution in [0.2, 0.25) is 0 Å². The van der Waals surface area contributed by atoms with Crippen molar-refractivity contribution in [3.63, 3.8) is 0 Å². The summed E-state index contributed by atoms with van der Waals surface area (Å²) < 4.78 is 28.7. The van der Waals surface area contributed by atoms with Crippen LogP contribution >= 0.6 is 31.9 Å². The van der Waals surface area contributed by atoms with Crippen molar-refractivity contribution in [2.24, 2.45) is 0 Å². The lowest BCUT2D eigenvalue weighted by atomic mass is 10.2. The summed E-state index contributed by atoms with van der Waals surface area (Å²) in [5.74, 6) is 0. The molecule has 0 spiro atoms. The van der Waals surface area contributed by atoms with Crippen LogP contribution in [0.25, 0.3) is 0 Å². The number of hydrogen-bond acceptors (Lipinski definition) is 2. The SMILES string of the molecule is Cc1ccc(CNS(=O)(=O)c2cc(Br)c(C)cc2Br)cc1. The van der Waals surface area contributed by atoms with E-state index in [0.29, 0.717) is 4.47 Å². The van der Waals surface area contributed by atoms with E-state index >= 15 is 0 Å². The fourth-order valence-corrected chi connectivity index (χ4v) is 4.49. The highest BCUT2D eigenvalue weighted by atomic mass is 79.9. The highest BCUT2D eigenvalue weighted by Crippen LogP contribution is 2.28. The molecule has 112 valence electrons. The zero-order valence-corrected chi connectivity index (χ0v) is 15.6. The molecule has 0 bridgehead atoms.